The fourth-order valence-corrected chi connectivity index (χ4v) is 4.32. The molecule has 1 aromatic rings. The molecule has 0 amide bonds. The first kappa shape index (κ1) is 28.3. The lowest BCUT2D eigenvalue weighted by Crippen LogP contribution is -2.27. The van der Waals surface area contributed by atoms with Crippen molar-refractivity contribution in [2.45, 2.75) is 96.8 Å². The lowest BCUT2D eigenvalue weighted by atomic mass is 10.0. The maximum atomic E-state index is 5.89. The highest BCUT2D eigenvalue weighted by atomic mass is 35.5. The summed E-state index contributed by atoms with van der Waals surface area (Å²) in [4.78, 5) is 6.82. The van der Waals surface area contributed by atoms with Gasteiger partial charge in [0.15, 0.2) is 0 Å². The number of hydrogen-bond acceptors (Lipinski definition) is 2. The molecule has 0 bridgehead atoms. The highest BCUT2D eigenvalue weighted by Gasteiger charge is 2.04. The Kier molecular flexibility index (Phi) is 19.3. The molecule has 0 aliphatic heterocycles. The Morgan fingerprint density at radius 2 is 1.13 bits per heavy atom. The summed E-state index contributed by atoms with van der Waals surface area (Å²) in [5.41, 5.74) is 2.33. The highest BCUT2D eigenvalue weighted by molar-refractivity contribution is 6.18. The molecule has 1 aromatic carbocycles. The summed E-state index contributed by atoms with van der Waals surface area (Å²) in [5.74, 6) is 1.22. The minimum Gasteiger partial charge on any atom is -0.369 e. The van der Waals surface area contributed by atoms with Gasteiger partial charge in [-0.05, 0) is 24.1 Å². The molecule has 178 valence electrons. The van der Waals surface area contributed by atoms with Crippen molar-refractivity contribution in [3.8, 4) is 0 Å². The van der Waals surface area contributed by atoms with Crippen molar-refractivity contribution < 1.29 is 0 Å². The zero-order chi connectivity index (χ0) is 22.4. The molecule has 0 saturated carbocycles. The van der Waals surface area contributed by atoms with E-state index in [0.29, 0.717) is 11.8 Å². The standard InChI is InChI=1S/C27H46Cl2N2/c1-2-3-4-5-6-7-8-9-10-11-12-13-14-15-22-30-25-26-16-18-27(19-17-26)31(23-20-28)24-21-29/h16-19,25H,2-15,20-24H2,1H3. The normalized spacial score (nSPS) is 11.5. The number of benzene rings is 1. The summed E-state index contributed by atoms with van der Waals surface area (Å²) in [7, 11) is 0. The van der Waals surface area contributed by atoms with Crippen LogP contribution in [0, 0.1) is 0 Å². The number of unbranched alkanes of at least 4 members (excludes halogenated alkanes) is 13. The molecule has 31 heavy (non-hydrogen) atoms. The number of halogens is 2. The third-order valence-corrected chi connectivity index (χ3v) is 6.19. The van der Waals surface area contributed by atoms with Crippen LogP contribution in [0.25, 0.3) is 0 Å². The minimum absolute atomic E-state index is 0.610. The average molecular weight is 470 g/mol. The van der Waals surface area contributed by atoms with E-state index >= 15 is 0 Å². The molecular formula is C27H46Cl2N2. The largest absolute Gasteiger partial charge is 0.369 e. The van der Waals surface area contributed by atoms with Gasteiger partial charge in [-0.2, -0.15) is 0 Å². The topological polar surface area (TPSA) is 15.6 Å². The monoisotopic (exact) mass is 468 g/mol. The molecule has 0 aromatic heterocycles. The van der Waals surface area contributed by atoms with E-state index in [9.17, 15) is 0 Å². The summed E-state index contributed by atoms with van der Waals surface area (Å²) >= 11 is 11.8. The first-order valence-corrected chi connectivity index (χ1v) is 13.9. The smallest absolute Gasteiger partial charge is 0.0399 e. The van der Waals surface area contributed by atoms with Crippen LogP contribution in [0.4, 0.5) is 5.69 Å². The average Bonchev–Trinajstić information content (AvgIpc) is 2.79. The van der Waals surface area contributed by atoms with Crippen LogP contribution >= 0.6 is 23.2 Å². The maximum Gasteiger partial charge on any atom is 0.0399 e. The first-order chi connectivity index (χ1) is 15.3. The summed E-state index contributed by atoms with van der Waals surface area (Å²) in [5, 5.41) is 0. The van der Waals surface area contributed by atoms with Crippen molar-refractivity contribution in [1.29, 1.82) is 0 Å². The van der Waals surface area contributed by atoms with E-state index in [1.165, 1.54) is 95.6 Å². The third-order valence-electron chi connectivity index (χ3n) is 5.85. The van der Waals surface area contributed by atoms with Crippen LogP contribution in [0.1, 0.15) is 102 Å². The Balaban J connectivity index is 1.99. The summed E-state index contributed by atoms with van der Waals surface area (Å²) in [6, 6.07) is 8.51. The summed E-state index contributed by atoms with van der Waals surface area (Å²) in [6.45, 7) is 4.86. The molecule has 2 nitrogen and oxygen atoms in total. The van der Waals surface area contributed by atoms with Gasteiger partial charge in [-0.1, -0.05) is 103 Å². The van der Waals surface area contributed by atoms with Gasteiger partial charge in [-0.15, -0.1) is 23.2 Å². The Hall–Kier alpha value is -0.730. The molecule has 0 aliphatic carbocycles. The van der Waals surface area contributed by atoms with Crippen LogP contribution in [-0.4, -0.2) is 37.6 Å². The third kappa shape index (κ3) is 15.7. The molecule has 0 fully saturated rings. The van der Waals surface area contributed by atoms with Gasteiger partial charge in [0.1, 0.15) is 0 Å². The molecule has 0 heterocycles. The molecule has 0 aliphatic rings. The van der Waals surface area contributed by atoms with Gasteiger partial charge in [0.2, 0.25) is 0 Å². The van der Waals surface area contributed by atoms with Crippen molar-refractivity contribution in [2.75, 3.05) is 36.3 Å². The molecule has 1 rings (SSSR count). The number of aliphatic imine (C=N–C) groups is 1. The zero-order valence-corrected chi connectivity index (χ0v) is 21.5. The second kappa shape index (κ2) is 21.1. The summed E-state index contributed by atoms with van der Waals surface area (Å²) < 4.78 is 0. The van der Waals surface area contributed by atoms with Crippen molar-refractivity contribution in [1.82, 2.24) is 0 Å². The molecule has 0 spiro atoms. The van der Waals surface area contributed by atoms with Crippen LogP contribution in [0.3, 0.4) is 0 Å². The Morgan fingerprint density at radius 1 is 0.677 bits per heavy atom. The van der Waals surface area contributed by atoms with Gasteiger partial charge in [-0.3, -0.25) is 4.99 Å². The molecule has 0 atom stereocenters. The van der Waals surface area contributed by atoms with E-state index in [1.54, 1.807) is 0 Å². The molecular weight excluding hydrogens is 423 g/mol. The van der Waals surface area contributed by atoms with Crippen molar-refractivity contribution >= 4 is 35.1 Å². The maximum absolute atomic E-state index is 5.89. The van der Waals surface area contributed by atoms with Gasteiger partial charge >= 0.3 is 0 Å². The van der Waals surface area contributed by atoms with E-state index < -0.39 is 0 Å². The van der Waals surface area contributed by atoms with Crippen molar-refractivity contribution in [3.05, 3.63) is 29.8 Å². The fourth-order valence-electron chi connectivity index (χ4n) is 3.91. The lowest BCUT2D eigenvalue weighted by molar-refractivity contribution is 0.536. The number of rotatable bonds is 21. The Bertz CT molecular complexity index is 525. The van der Waals surface area contributed by atoms with E-state index in [1.807, 2.05) is 6.21 Å². The molecule has 0 radical (unpaired) electrons. The highest BCUT2D eigenvalue weighted by Crippen LogP contribution is 2.15. The van der Waals surface area contributed by atoms with Gasteiger partial charge < -0.3 is 4.90 Å². The van der Waals surface area contributed by atoms with Gasteiger partial charge in [0.05, 0.1) is 0 Å². The quantitative estimate of drug-likeness (QED) is 0.0997. The predicted octanol–water partition coefficient (Wildman–Crippen LogP) is 8.87. The van der Waals surface area contributed by atoms with Crippen molar-refractivity contribution in [2.24, 2.45) is 4.99 Å². The number of hydrogen-bond donors (Lipinski definition) is 0. The van der Waals surface area contributed by atoms with E-state index in [4.69, 9.17) is 23.2 Å². The molecule has 0 N–H and O–H groups in total. The fraction of sp³-hybridized carbons (Fsp3) is 0.741. The molecule has 0 saturated heterocycles. The molecule has 0 unspecified atom stereocenters. The SMILES string of the molecule is CCCCCCCCCCCCCCCCN=Cc1ccc(N(CCCl)CCCl)cc1. The van der Waals surface area contributed by atoms with Crippen LogP contribution in [0.5, 0.6) is 0 Å². The van der Waals surface area contributed by atoms with Crippen molar-refractivity contribution in [3.63, 3.8) is 0 Å². The minimum atomic E-state index is 0.610. The van der Waals surface area contributed by atoms with E-state index in [-0.39, 0.29) is 0 Å². The molecule has 4 heteroatoms. The second-order valence-electron chi connectivity index (χ2n) is 8.59. The van der Waals surface area contributed by atoms with Gasteiger partial charge in [0.25, 0.3) is 0 Å². The van der Waals surface area contributed by atoms with Crippen LogP contribution in [0.2, 0.25) is 0 Å². The van der Waals surface area contributed by atoms with Crippen LogP contribution in [0.15, 0.2) is 29.3 Å². The summed E-state index contributed by atoms with van der Waals surface area (Å²) in [6.07, 6.45) is 21.5. The predicted molar refractivity (Wildman–Crippen MR) is 143 cm³/mol. The lowest BCUT2D eigenvalue weighted by Gasteiger charge is -2.22. The zero-order valence-electron chi connectivity index (χ0n) is 20.0. The Morgan fingerprint density at radius 3 is 1.58 bits per heavy atom. The number of anilines is 1. The van der Waals surface area contributed by atoms with E-state index in [0.717, 1.165) is 25.2 Å². The van der Waals surface area contributed by atoms with Gasteiger partial charge in [0, 0.05) is 43.3 Å². The van der Waals surface area contributed by atoms with Gasteiger partial charge in [-0.25, -0.2) is 0 Å². The first-order valence-electron chi connectivity index (χ1n) is 12.8. The van der Waals surface area contributed by atoms with Crippen LogP contribution < -0.4 is 4.90 Å². The number of alkyl halides is 2. The Labute approximate surface area is 202 Å². The second-order valence-corrected chi connectivity index (χ2v) is 9.34. The van der Waals surface area contributed by atoms with E-state index in [2.05, 4.69) is 41.1 Å². The number of nitrogens with zero attached hydrogens (tertiary/aromatic N) is 2. The van der Waals surface area contributed by atoms with Crippen LogP contribution in [-0.2, 0) is 0 Å².